The monoisotopic (exact) mass is 436 g/mol. The summed E-state index contributed by atoms with van der Waals surface area (Å²) in [5.74, 6) is -0.867. The third-order valence-electron chi connectivity index (χ3n) is 3.76. The Kier molecular flexibility index (Phi) is 6.33. The van der Waals surface area contributed by atoms with Crippen molar-refractivity contribution < 1.29 is 14.4 Å². The van der Waals surface area contributed by atoms with Gasteiger partial charge in [-0.05, 0) is 42.5 Å². The molecular weight excluding hydrogens is 423 g/mol. The van der Waals surface area contributed by atoms with E-state index in [9.17, 15) is 14.4 Å². The van der Waals surface area contributed by atoms with E-state index in [4.69, 9.17) is 23.2 Å². The molecule has 1 aliphatic heterocycles. The molecule has 0 radical (unpaired) electrons. The second-order valence-corrected chi connectivity index (χ2v) is 7.63. The number of imide groups is 1. The summed E-state index contributed by atoms with van der Waals surface area (Å²) < 4.78 is 0. The van der Waals surface area contributed by atoms with Crippen LogP contribution in [0, 0.1) is 6.92 Å². The molecule has 10 heteroatoms. The van der Waals surface area contributed by atoms with E-state index in [0.29, 0.717) is 21.3 Å². The SMILES string of the molecule is Cc1cnc(C(=O)NCCN2C(=O)S/C(=C\c3ccc(Cl)cc3Cl)C2=O)cn1. The van der Waals surface area contributed by atoms with E-state index in [2.05, 4.69) is 15.3 Å². The van der Waals surface area contributed by atoms with Gasteiger partial charge >= 0.3 is 0 Å². The van der Waals surface area contributed by atoms with E-state index in [0.717, 1.165) is 16.7 Å². The summed E-state index contributed by atoms with van der Waals surface area (Å²) in [7, 11) is 0. The number of aryl methyl sites for hydroxylation is 1. The van der Waals surface area contributed by atoms with E-state index in [-0.39, 0.29) is 23.7 Å². The standard InChI is InChI=1S/C18H14Cl2N4O3S/c1-10-8-23-14(9-22-10)16(25)21-4-5-24-17(26)15(28-18(24)27)6-11-2-3-12(19)7-13(11)20/h2-3,6-9H,4-5H2,1H3,(H,21,25)/b15-6-. The second kappa shape index (κ2) is 8.72. The van der Waals surface area contributed by atoms with Crippen LogP contribution in [0.2, 0.25) is 10.0 Å². The summed E-state index contributed by atoms with van der Waals surface area (Å²) in [5.41, 5.74) is 1.45. The Hall–Kier alpha value is -2.42. The quantitative estimate of drug-likeness (QED) is 0.720. The van der Waals surface area contributed by atoms with Crippen LogP contribution in [0.5, 0.6) is 0 Å². The van der Waals surface area contributed by atoms with E-state index in [1.807, 2.05) is 0 Å². The molecule has 0 saturated carbocycles. The Morgan fingerprint density at radius 3 is 2.71 bits per heavy atom. The van der Waals surface area contributed by atoms with Gasteiger partial charge in [0.1, 0.15) is 5.69 Å². The van der Waals surface area contributed by atoms with Crippen molar-refractivity contribution in [3.63, 3.8) is 0 Å². The number of hydrogen-bond donors (Lipinski definition) is 1. The van der Waals surface area contributed by atoms with Crippen molar-refractivity contribution in [2.24, 2.45) is 0 Å². The number of nitrogens with zero attached hydrogens (tertiary/aromatic N) is 3. The highest BCUT2D eigenvalue weighted by Gasteiger charge is 2.34. The van der Waals surface area contributed by atoms with Crippen LogP contribution < -0.4 is 5.32 Å². The smallest absolute Gasteiger partial charge is 0.293 e. The van der Waals surface area contributed by atoms with Crippen molar-refractivity contribution in [3.8, 4) is 0 Å². The van der Waals surface area contributed by atoms with Crippen molar-refractivity contribution in [2.45, 2.75) is 6.92 Å². The van der Waals surface area contributed by atoms with Crippen molar-refractivity contribution >= 4 is 58.1 Å². The second-order valence-electron chi connectivity index (χ2n) is 5.80. The average molecular weight is 437 g/mol. The number of carbonyl (C=O) groups excluding carboxylic acids is 3. The van der Waals surface area contributed by atoms with Crippen molar-refractivity contribution in [1.29, 1.82) is 0 Å². The maximum atomic E-state index is 12.5. The highest BCUT2D eigenvalue weighted by Crippen LogP contribution is 2.33. The summed E-state index contributed by atoms with van der Waals surface area (Å²) in [6.45, 7) is 1.90. The molecule has 144 valence electrons. The maximum Gasteiger partial charge on any atom is 0.293 e. The highest BCUT2D eigenvalue weighted by molar-refractivity contribution is 8.18. The summed E-state index contributed by atoms with van der Waals surface area (Å²) in [5, 5.41) is 3.06. The van der Waals surface area contributed by atoms with Crippen LogP contribution in [0.1, 0.15) is 21.7 Å². The van der Waals surface area contributed by atoms with Gasteiger partial charge in [0.2, 0.25) is 0 Å². The van der Waals surface area contributed by atoms with Crippen LogP contribution in [-0.2, 0) is 4.79 Å². The fourth-order valence-electron chi connectivity index (χ4n) is 2.33. The van der Waals surface area contributed by atoms with E-state index in [1.165, 1.54) is 12.4 Å². The predicted molar refractivity (Wildman–Crippen MR) is 108 cm³/mol. The molecule has 28 heavy (non-hydrogen) atoms. The third kappa shape index (κ3) is 4.70. The first-order valence-corrected chi connectivity index (χ1v) is 9.69. The number of thioether (sulfide) groups is 1. The van der Waals surface area contributed by atoms with E-state index < -0.39 is 17.1 Å². The lowest BCUT2D eigenvalue weighted by Crippen LogP contribution is -2.37. The van der Waals surface area contributed by atoms with Crippen LogP contribution in [0.25, 0.3) is 6.08 Å². The Balaban J connectivity index is 1.61. The van der Waals surface area contributed by atoms with Crippen LogP contribution in [0.4, 0.5) is 4.79 Å². The topological polar surface area (TPSA) is 92.3 Å². The van der Waals surface area contributed by atoms with Gasteiger partial charge in [-0.3, -0.25) is 24.3 Å². The van der Waals surface area contributed by atoms with Crippen molar-refractivity contribution in [2.75, 3.05) is 13.1 Å². The van der Waals surface area contributed by atoms with Gasteiger partial charge < -0.3 is 5.32 Å². The number of hydrogen-bond acceptors (Lipinski definition) is 6. The highest BCUT2D eigenvalue weighted by atomic mass is 35.5. The molecule has 3 rings (SSSR count). The Morgan fingerprint density at radius 1 is 1.25 bits per heavy atom. The molecule has 1 aliphatic rings. The van der Waals surface area contributed by atoms with Crippen LogP contribution >= 0.6 is 35.0 Å². The lowest BCUT2D eigenvalue weighted by atomic mass is 10.2. The molecule has 1 aromatic carbocycles. The van der Waals surface area contributed by atoms with Crippen LogP contribution in [0.15, 0.2) is 35.5 Å². The first-order chi connectivity index (χ1) is 13.3. The third-order valence-corrected chi connectivity index (χ3v) is 5.23. The van der Waals surface area contributed by atoms with Gasteiger partial charge in [-0.15, -0.1) is 0 Å². The minimum atomic E-state index is -0.439. The molecule has 1 saturated heterocycles. The fourth-order valence-corrected chi connectivity index (χ4v) is 3.65. The van der Waals surface area contributed by atoms with Gasteiger partial charge in [-0.25, -0.2) is 4.98 Å². The molecule has 2 aromatic rings. The lowest BCUT2D eigenvalue weighted by molar-refractivity contribution is -0.122. The first-order valence-electron chi connectivity index (χ1n) is 8.12. The Bertz CT molecular complexity index is 979. The minimum absolute atomic E-state index is 0.0430. The van der Waals surface area contributed by atoms with Gasteiger partial charge in [0.25, 0.3) is 17.1 Å². The average Bonchev–Trinajstić information content (AvgIpc) is 2.92. The van der Waals surface area contributed by atoms with Crippen molar-refractivity contribution in [1.82, 2.24) is 20.2 Å². The minimum Gasteiger partial charge on any atom is -0.349 e. The first kappa shape index (κ1) is 20.3. The Labute approximate surface area is 175 Å². The molecule has 2 heterocycles. The molecule has 0 atom stereocenters. The number of halogens is 2. The molecule has 1 aromatic heterocycles. The van der Waals surface area contributed by atoms with Crippen LogP contribution in [0.3, 0.4) is 0 Å². The van der Waals surface area contributed by atoms with Gasteiger partial charge in [0.15, 0.2) is 0 Å². The number of amides is 3. The van der Waals surface area contributed by atoms with E-state index >= 15 is 0 Å². The molecule has 1 N–H and O–H groups in total. The Morgan fingerprint density at radius 2 is 2.04 bits per heavy atom. The number of benzene rings is 1. The molecule has 0 aliphatic carbocycles. The molecule has 0 bridgehead atoms. The largest absolute Gasteiger partial charge is 0.349 e. The van der Waals surface area contributed by atoms with Crippen molar-refractivity contribution in [3.05, 3.63) is 62.5 Å². The van der Waals surface area contributed by atoms with Crippen LogP contribution in [-0.4, -0.2) is 45.0 Å². The zero-order chi connectivity index (χ0) is 20.3. The van der Waals surface area contributed by atoms with E-state index in [1.54, 1.807) is 31.2 Å². The van der Waals surface area contributed by atoms with Gasteiger partial charge in [-0.2, -0.15) is 0 Å². The lowest BCUT2D eigenvalue weighted by Gasteiger charge is -2.12. The number of carbonyl (C=O) groups is 3. The van der Waals surface area contributed by atoms with Gasteiger partial charge in [0.05, 0.1) is 16.8 Å². The maximum absolute atomic E-state index is 12.5. The fraction of sp³-hybridized carbons (Fsp3) is 0.167. The molecular formula is C18H14Cl2N4O3S. The summed E-state index contributed by atoms with van der Waals surface area (Å²) in [4.78, 5) is 46.0. The number of aromatic nitrogens is 2. The predicted octanol–water partition coefficient (Wildman–Crippen LogP) is 3.56. The summed E-state index contributed by atoms with van der Waals surface area (Å²) >= 11 is 12.8. The summed E-state index contributed by atoms with van der Waals surface area (Å²) in [6, 6.07) is 4.87. The molecule has 0 spiro atoms. The molecule has 3 amide bonds. The molecule has 0 unspecified atom stereocenters. The van der Waals surface area contributed by atoms with Gasteiger partial charge in [-0.1, -0.05) is 29.3 Å². The number of nitrogens with one attached hydrogen (secondary N) is 1. The van der Waals surface area contributed by atoms with Gasteiger partial charge in [0, 0.05) is 29.3 Å². The zero-order valence-electron chi connectivity index (χ0n) is 14.6. The molecule has 1 fully saturated rings. The zero-order valence-corrected chi connectivity index (χ0v) is 16.9. The number of rotatable bonds is 5. The summed E-state index contributed by atoms with van der Waals surface area (Å²) in [6.07, 6.45) is 4.39. The molecule has 7 nitrogen and oxygen atoms in total. The normalized spacial score (nSPS) is 15.4.